The summed E-state index contributed by atoms with van der Waals surface area (Å²) in [6.45, 7) is 16.7. The molecular formula is C34H52O6. The van der Waals surface area contributed by atoms with Gasteiger partial charge in [0.15, 0.2) is 0 Å². The Labute approximate surface area is 242 Å². The first kappa shape index (κ1) is 35.3. The second-order valence-electron chi connectivity index (χ2n) is 12.3. The molecule has 6 nitrogen and oxygen atoms in total. The molecule has 0 bridgehead atoms. The molecule has 2 unspecified atom stereocenters. The van der Waals surface area contributed by atoms with E-state index in [2.05, 4.69) is 6.92 Å². The lowest BCUT2D eigenvalue weighted by Gasteiger charge is -2.20. The van der Waals surface area contributed by atoms with Gasteiger partial charge in [0.25, 0.3) is 0 Å². The van der Waals surface area contributed by atoms with Gasteiger partial charge in [-0.3, -0.25) is 9.59 Å². The van der Waals surface area contributed by atoms with Gasteiger partial charge in [0, 0.05) is 35.7 Å². The minimum Gasteiger partial charge on any atom is -0.497 e. The van der Waals surface area contributed by atoms with E-state index in [1.54, 1.807) is 14.2 Å². The van der Waals surface area contributed by atoms with Crippen molar-refractivity contribution in [3.8, 4) is 11.5 Å². The average Bonchev–Trinajstić information content (AvgIpc) is 3.74. The zero-order chi connectivity index (χ0) is 30.5. The van der Waals surface area contributed by atoms with Crippen molar-refractivity contribution in [3.05, 3.63) is 59.2 Å². The van der Waals surface area contributed by atoms with E-state index in [9.17, 15) is 14.7 Å². The first-order valence-corrected chi connectivity index (χ1v) is 14.3. The number of rotatable bonds is 10. The average molecular weight is 557 g/mol. The van der Waals surface area contributed by atoms with E-state index < -0.39 is 6.10 Å². The highest BCUT2D eigenvalue weighted by Crippen LogP contribution is 2.27. The van der Waals surface area contributed by atoms with E-state index in [1.165, 1.54) is 6.42 Å². The molecule has 1 fully saturated rings. The number of hydrogen-bond acceptors (Lipinski definition) is 6. The fourth-order valence-electron chi connectivity index (χ4n) is 3.55. The smallest absolute Gasteiger partial charge is 0.142 e. The maximum absolute atomic E-state index is 12.2. The second-order valence-corrected chi connectivity index (χ2v) is 12.3. The Morgan fingerprint density at radius 2 is 1.50 bits per heavy atom. The zero-order valence-corrected chi connectivity index (χ0v) is 26.4. The van der Waals surface area contributed by atoms with Gasteiger partial charge in [-0.1, -0.05) is 79.7 Å². The Bertz CT molecular complexity index is 1060. The monoisotopic (exact) mass is 556 g/mol. The summed E-state index contributed by atoms with van der Waals surface area (Å²) in [4.78, 5) is 24.0. The van der Waals surface area contributed by atoms with Crippen molar-refractivity contribution in [2.45, 2.75) is 99.7 Å². The van der Waals surface area contributed by atoms with E-state index in [-0.39, 0.29) is 22.4 Å². The van der Waals surface area contributed by atoms with Crippen LogP contribution in [0.25, 0.3) is 0 Å². The molecule has 1 heterocycles. The Kier molecular flexibility index (Phi) is 14.6. The first-order chi connectivity index (χ1) is 18.7. The van der Waals surface area contributed by atoms with Crippen LogP contribution in [-0.2, 0) is 33.6 Å². The van der Waals surface area contributed by atoms with Crippen LogP contribution in [0.15, 0.2) is 42.5 Å². The lowest BCUT2D eigenvalue weighted by molar-refractivity contribution is -0.126. The third kappa shape index (κ3) is 13.1. The highest BCUT2D eigenvalue weighted by atomic mass is 16.6. The quantitative estimate of drug-likeness (QED) is 0.324. The van der Waals surface area contributed by atoms with Crippen LogP contribution < -0.4 is 9.47 Å². The number of hydrogen-bond donors (Lipinski definition) is 1. The Morgan fingerprint density at radius 1 is 0.925 bits per heavy atom. The molecule has 3 rings (SSSR count). The summed E-state index contributed by atoms with van der Waals surface area (Å²) < 4.78 is 15.3. The number of Topliss-reactive ketones (excluding diaryl/α,β-unsaturated/α-hetero) is 2. The van der Waals surface area contributed by atoms with Crippen LogP contribution in [0.3, 0.4) is 0 Å². The van der Waals surface area contributed by atoms with Gasteiger partial charge in [-0.2, -0.15) is 0 Å². The SMILES string of the molecule is CCC(O)Cc1c(CC(=O)C(C)(C)C)cccc1OC.CCC1CO1.COc1cccc(CC(=O)C(C)(C)C)c1. The van der Waals surface area contributed by atoms with Gasteiger partial charge < -0.3 is 19.3 Å². The number of carbonyl (C=O) groups is 2. The summed E-state index contributed by atoms with van der Waals surface area (Å²) >= 11 is 0. The number of epoxide rings is 1. The van der Waals surface area contributed by atoms with Gasteiger partial charge in [-0.15, -0.1) is 0 Å². The van der Waals surface area contributed by atoms with Gasteiger partial charge in [0.05, 0.1) is 33.0 Å². The molecule has 1 aliphatic heterocycles. The molecule has 0 amide bonds. The number of aliphatic hydroxyl groups excluding tert-OH is 1. The molecule has 1 N–H and O–H groups in total. The second kappa shape index (κ2) is 16.5. The lowest BCUT2D eigenvalue weighted by Crippen LogP contribution is -2.23. The molecule has 2 atom stereocenters. The standard InChI is InChI=1S/C17H26O3.C13H18O2.C4H8O/c1-6-13(18)11-14-12(8-7-9-15(14)20-5)10-16(19)17(2,3)4;1-13(2,3)12(14)9-10-6-5-7-11(8-10)15-4;1-2-4-3-5-4/h7-9,13,18H,6,10-11H2,1-5H3;5-8H,9H2,1-4H3;4H,2-3H2,1H3. The lowest BCUT2D eigenvalue weighted by atomic mass is 9.85. The van der Waals surface area contributed by atoms with E-state index in [0.29, 0.717) is 31.8 Å². The fourth-order valence-corrected chi connectivity index (χ4v) is 3.55. The highest BCUT2D eigenvalue weighted by Gasteiger charge is 2.24. The van der Waals surface area contributed by atoms with Gasteiger partial charge in [0.1, 0.15) is 23.1 Å². The number of carbonyl (C=O) groups excluding carboxylic acids is 2. The highest BCUT2D eigenvalue weighted by molar-refractivity contribution is 5.86. The molecule has 0 aromatic heterocycles. The molecule has 0 spiro atoms. The van der Waals surface area contributed by atoms with Crippen LogP contribution in [0.2, 0.25) is 0 Å². The summed E-state index contributed by atoms with van der Waals surface area (Å²) in [5.41, 5.74) is 2.28. The van der Waals surface area contributed by atoms with E-state index in [1.807, 2.05) is 90.9 Å². The van der Waals surface area contributed by atoms with Crippen LogP contribution in [0, 0.1) is 10.8 Å². The number of methoxy groups -OCH3 is 2. The van der Waals surface area contributed by atoms with Crippen molar-refractivity contribution >= 4 is 11.6 Å². The predicted molar refractivity (Wildman–Crippen MR) is 162 cm³/mol. The summed E-state index contributed by atoms with van der Waals surface area (Å²) in [6, 6.07) is 13.4. The predicted octanol–water partition coefficient (Wildman–Crippen LogP) is 6.81. The van der Waals surface area contributed by atoms with E-state index in [4.69, 9.17) is 14.2 Å². The summed E-state index contributed by atoms with van der Waals surface area (Å²) in [6.07, 6.45) is 3.48. The van der Waals surface area contributed by atoms with Gasteiger partial charge in [-0.05, 0) is 42.2 Å². The van der Waals surface area contributed by atoms with Gasteiger partial charge in [-0.25, -0.2) is 0 Å². The molecular weight excluding hydrogens is 504 g/mol. The molecule has 2 aromatic rings. The number of benzene rings is 2. The summed E-state index contributed by atoms with van der Waals surface area (Å²) in [5.74, 6) is 1.99. The molecule has 0 radical (unpaired) electrons. The molecule has 1 saturated heterocycles. The Morgan fingerprint density at radius 3 is 1.95 bits per heavy atom. The van der Waals surface area contributed by atoms with Crippen molar-refractivity contribution < 1.29 is 28.9 Å². The van der Waals surface area contributed by atoms with E-state index in [0.717, 1.165) is 34.8 Å². The van der Waals surface area contributed by atoms with Crippen molar-refractivity contribution in [2.75, 3.05) is 20.8 Å². The van der Waals surface area contributed by atoms with Crippen molar-refractivity contribution in [2.24, 2.45) is 10.8 Å². The molecule has 6 heteroatoms. The maximum Gasteiger partial charge on any atom is 0.142 e. The largest absolute Gasteiger partial charge is 0.497 e. The molecule has 40 heavy (non-hydrogen) atoms. The maximum atomic E-state index is 12.2. The van der Waals surface area contributed by atoms with Crippen molar-refractivity contribution in [1.29, 1.82) is 0 Å². The fraction of sp³-hybridized carbons (Fsp3) is 0.588. The summed E-state index contributed by atoms with van der Waals surface area (Å²) in [7, 11) is 3.25. The first-order valence-electron chi connectivity index (χ1n) is 14.3. The number of aliphatic hydroxyl groups is 1. The zero-order valence-electron chi connectivity index (χ0n) is 26.4. The molecule has 2 aromatic carbocycles. The normalized spacial score (nSPS) is 15.0. The minimum atomic E-state index is -0.408. The van der Waals surface area contributed by atoms with Gasteiger partial charge in [0.2, 0.25) is 0 Å². The third-order valence-electron chi connectivity index (χ3n) is 6.74. The van der Waals surface area contributed by atoms with E-state index >= 15 is 0 Å². The molecule has 0 saturated carbocycles. The van der Waals surface area contributed by atoms with Gasteiger partial charge >= 0.3 is 0 Å². The number of ether oxygens (including phenoxy) is 3. The third-order valence-corrected chi connectivity index (χ3v) is 6.74. The minimum absolute atomic E-state index is 0.193. The van der Waals surface area contributed by atoms with Crippen molar-refractivity contribution in [1.82, 2.24) is 0 Å². The van der Waals surface area contributed by atoms with Crippen LogP contribution in [0.1, 0.15) is 84.9 Å². The molecule has 0 aliphatic carbocycles. The topological polar surface area (TPSA) is 85.4 Å². The van der Waals surface area contributed by atoms with Crippen LogP contribution in [0.4, 0.5) is 0 Å². The Balaban J connectivity index is 0.000000349. The summed E-state index contributed by atoms with van der Waals surface area (Å²) in [5, 5.41) is 9.91. The van der Waals surface area contributed by atoms with Crippen LogP contribution in [0.5, 0.6) is 11.5 Å². The van der Waals surface area contributed by atoms with Crippen LogP contribution >= 0.6 is 0 Å². The van der Waals surface area contributed by atoms with Crippen LogP contribution in [-0.4, -0.2) is 49.7 Å². The number of ketones is 2. The van der Waals surface area contributed by atoms with Crippen molar-refractivity contribution in [3.63, 3.8) is 0 Å². The molecule has 224 valence electrons. The molecule has 1 aliphatic rings. The Hall–Kier alpha value is -2.70.